The van der Waals surface area contributed by atoms with Crippen LogP contribution in [0.3, 0.4) is 0 Å². The molecular weight excluding hydrogens is 274 g/mol. The lowest BCUT2D eigenvalue weighted by atomic mass is 9.85. The number of esters is 1. The predicted octanol–water partition coefficient (Wildman–Crippen LogP) is 3.82. The SMILES string of the molecule is CC(C)(C)C(Cc1ccccc1)OC(=O)Cc1cccnc1. The number of benzene rings is 1. The molecular formula is C19H23NO2. The highest BCUT2D eigenvalue weighted by Gasteiger charge is 2.28. The second-order valence-corrected chi connectivity index (χ2v) is 6.57. The molecule has 1 atom stereocenters. The summed E-state index contributed by atoms with van der Waals surface area (Å²) in [6.45, 7) is 6.29. The van der Waals surface area contributed by atoms with Crippen LogP contribution >= 0.6 is 0 Å². The zero-order valence-electron chi connectivity index (χ0n) is 13.5. The van der Waals surface area contributed by atoms with E-state index in [1.807, 2.05) is 30.3 Å². The van der Waals surface area contributed by atoms with Gasteiger partial charge in [-0.3, -0.25) is 9.78 Å². The molecule has 2 aromatic rings. The van der Waals surface area contributed by atoms with Gasteiger partial charge in [0.25, 0.3) is 0 Å². The van der Waals surface area contributed by atoms with E-state index < -0.39 is 0 Å². The van der Waals surface area contributed by atoms with Crippen LogP contribution in [-0.2, 0) is 22.4 Å². The fraction of sp³-hybridized carbons (Fsp3) is 0.368. The third kappa shape index (κ3) is 4.99. The molecule has 1 aromatic carbocycles. The third-order valence-electron chi connectivity index (χ3n) is 3.57. The van der Waals surface area contributed by atoms with Crippen LogP contribution in [0.25, 0.3) is 0 Å². The van der Waals surface area contributed by atoms with Crippen molar-refractivity contribution in [2.45, 2.75) is 39.7 Å². The molecule has 22 heavy (non-hydrogen) atoms. The molecule has 3 nitrogen and oxygen atoms in total. The molecule has 116 valence electrons. The quantitative estimate of drug-likeness (QED) is 0.787. The normalized spacial score (nSPS) is 12.7. The monoisotopic (exact) mass is 297 g/mol. The minimum atomic E-state index is -0.205. The van der Waals surface area contributed by atoms with Crippen LogP contribution in [-0.4, -0.2) is 17.1 Å². The van der Waals surface area contributed by atoms with Gasteiger partial charge in [-0.1, -0.05) is 57.2 Å². The Morgan fingerprint density at radius 1 is 1.09 bits per heavy atom. The van der Waals surface area contributed by atoms with Crippen LogP contribution in [0.4, 0.5) is 0 Å². The van der Waals surface area contributed by atoms with Crippen LogP contribution in [0, 0.1) is 5.41 Å². The summed E-state index contributed by atoms with van der Waals surface area (Å²) >= 11 is 0. The van der Waals surface area contributed by atoms with Crippen molar-refractivity contribution in [2.75, 3.05) is 0 Å². The second-order valence-electron chi connectivity index (χ2n) is 6.57. The summed E-state index contributed by atoms with van der Waals surface area (Å²) in [7, 11) is 0. The summed E-state index contributed by atoms with van der Waals surface area (Å²) in [5.74, 6) is -0.205. The fourth-order valence-electron chi connectivity index (χ4n) is 2.22. The van der Waals surface area contributed by atoms with Crippen LogP contribution in [0.15, 0.2) is 54.9 Å². The molecule has 2 rings (SSSR count). The first-order valence-corrected chi connectivity index (χ1v) is 7.57. The highest BCUT2D eigenvalue weighted by Crippen LogP contribution is 2.26. The Morgan fingerprint density at radius 3 is 2.36 bits per heavy atom. The fourth-order valence-corrected chi connectivity index (χ4v) is 2.22. The van der Waals surface area contributed by atoms with E-state index in [1.165, 1.54) is 5.56 Å². The van der Waals surface area contributed by atoms with Crippen molar-refractivity contribution in [3.8, 4) is 0 Å². The van der Waals surface area contributed by atoms with E-state index in [4.69, 9.17) is 4.74 Å². The van der Waals surface area contributed by atoms with Crippen molar-refractivity contribution < 1.29 is 9.53 Å². The summed E-state index contributed by atoms with van der Waals surface area (Å²) in [5.41, 5.74) is 1.94. The summed E-state index contributed by atoms with van der Waals surface area (Å²) in [5, 5.41) is 0. The van der Waals surface area contributed by atoms with E-state index in [-0.39, 0.29) is 23.9 Å². The van der Waals surface area contributed by atoms with Crippen molar-refractivity contribution in [1.29, 1.82) is 0 Å². The topological polar surface area (TPSA) is 39.2 Å². The van der Waals surface area contributed by atoms with Crippen LogP contribution < -0.4 is 0 Å². The molecule has 0 N–H and O–H groups in total. The van der Waals surface area contributed by atoms with Crippen LogP contribution in [0.1, 0.15) is 31.9 Å². The number of ether oxygens (including phenoxy) is 1. The lowest BCUT2D eigenvalue weighted by Crippen LogP contribution is -2.34. The minimum absolute atomic E-state index is 0.111. The molecule has 0 saturated carbocycles. The van der Waals surface area contributed by atoms with Gasteiger partial charge in [0.1, 0.15) is 6.10 Å². The van der Waals surface area contributed by atoms with Crippen molar-refractivity contribution >= 4 is 5.97 Å². The molecule has 3 heteroatoms. The van der Waals surface area contributed by atoms with Crippen molar-refractivity contribution in [2.24, 2.45) is 5.41 Å². The van der Waals surface area contributed by atoms with Gasteiger partial charge in [-0.25, -0.2) is 0 Å². The maximum atomic E-state index is 12.2. The van der Waals surface area contributed by atoms with E-state index in [9.17, 15) is 4.79 Å². The Kier molecular flexibility index (Phi) is 5.31. The molecule has 1 heterocycles. The standard InChI is InChI=1S/C19H23NO2/c1-19(2,3)17(12-15-8-5-4-6-9-15)22-18(21)13-16-10-7-11-20-14-16/h4-11,14,17H,12-13H2,1-3H3. The molecule has 0 aliphatic rings. The number of carbonyl (C=O) groups excluding carboxylic acids is 1. The summed E-state index contributed by atoms with van der Waals surface area (Å²) < 4.78 is 5.76. The third-order valence-corrected chi connectivity index (χ3v) is 3.57. The first kappa shape index (κ1) is 16.2. The lowest BCUT2D eigenvalue weighted by molar-refractivity contribution is -0.153. The van der Waals surface area contributed by atoms with Gasteiger partial charge in [0.2, 0.25) is 0 Å². The largest absolute Gasteiger partial charge is 0.461 e. The Hall–Kier alpha value is -2.16. The molecule has 0 fully saturated rings. The molecule has 0 bridgehead atoms. The Morgan fingerprint density at radius 2 is 1.77 bits per heavy atom. The van der Waals surface area contributed by atoms with Gasteiger partial charge in [0.15, 0.2) is 0 Å². The number of hydrogen-bond acceptors (Lipinski definition) is 3. The summed E-state index contributed by atoms with van der Waals surface area (Å²) in [6, 6.07) is 13.8. The lowest BCUT2D eigenvalue weighted by Gasteiger charge is -2.30. The van der Waals surface area contributed by atoms with Gasteiger partial charge in [0, 0.05) is 18.8 Å². The van der Waals surface area contributed by atoms with Gasteiger partial charge in [0.05, 0.1) is 6.42 Å². The van der Waals surface area contributed by atoms with E-state index >= 15 is 0 Å². The van der Waals surface area contributed by atoms with Crippen LogP contribution in [0.2, 0.25) is 0 Å². The number of aromatic nitrogens is 1. The number of nitrogens with zero attached hydrogens (tertiary/aromatic N) is 1. The van der Waals surface area contributed by atoms with Gasteiger partial charge >= 0.3 is 5.97 Å². The second kappa shape index (κ2) is 7.21. The number of hydrogen-bond donors (Lipinski definition) is 0. The highest BCUT2D eigenvalue weighted by molar-refractivity contribution is 5.72. The Bertz CT molecular complexity index is 588. The summed E-state index contributed by atoms with van der Waals surface area (Å²) in [4.78, 5) is 16.2. The number of pyridine rings is 1. The first-order valence-electron chi connectivity index (χ1n) is 7.57. The predicted molar refractivity (Wildman–Crippen MR) is 87.4 cm³/mol. The number of rotatable bonds is 5. The van der Waals surface area contributed by atoms with E-state index in [1.54, 1.807) is 12.4 Å². The van der Waals surface area contributed by atoms with Crippen molar-refractivity contribution in [3.63, 3.8) is 0 Å². The van der Waals surface area contributed by atoms with Crippen LogP contribution in [0.5, 0.6) is 0 Å². The van der Waals surface area contributed by atoms with E-state index in [2.05, 4.69) is 37.9 Å². The smallest absolute Gasteiger partial charge is 0.310 e. The molecule has 0 aliphatic carbocycles. The maximum absolute atomic E-state index is 12.2. The Balaban J connectivity index is 2.02. The average Bonchev–Trinajstić information content (AvgIpc) is 2.48. The minimum Gasteiger partial charge on any atom is -0.461 e. The van der Waals surface area contributed by atoms with Gasteiger partial charge in [-0.15, -0.1) is 0 Å². The maximum Gasteiger partial charge on any atom is 0.310 e. The van der Waals surface area contributed by atoms with Gasteiger partial charge in [-0.05, 0) is 22.6 Å². The van der Waals surface area contributed by atoms with Gasteiger partial charge < -0.3 is 4.74 Å². The zero-order chi connectivity index (χ0) is 16.0. The summed E-state index contributed by atoms with van der Waals surface area (Å²) in [6.07, 6.45) is 4.23. The van der Waals surface area contributed by atoms with E-state index in [0.717, 1.165) is 12.0 Å². The molecule has 0 aliphatic heterocycles. The van der Waals surface area contributed by atoms with Gasteiger partial charge in [-0.2, -0.15) is 0 Å². The van der Waals surface area contributed by atoms with Crippen molar-refractivity contribution in [3.05, 3.63) is 66.0 Å². The molecule has 0 spiro atoms. The molecule has 1 unspecified atom stereocenters. The molecule has 0 saturated heterocycles. The molecule has 1 aromatic heterocycles. The average molecular weight is 297 g/mol. The highest BCUT2D eigenvalue weighted by atomic mass is 16.5. The van der Waals surface area contributed by atoms with E-state index in [0.29, 0.717) is 0 Å². The molecule has 0 radical (unpaired) electrons. The zero-order valence-corrected chi connectivity index (χ0v) is 13.5. The Labute approximate surface area is 132 Å². The van der Waals surface area contributed by atoms with Crippen molar-refractivity contribution in [1.82, 2.24) is 4.98 Å². The first-order chi connectivity index (χ1) is 10.4. The molecule has 0 amide bonds. The number of carbonyl (C=O) groups is 1.